The summed E-state index contributed by atoms with van der Waals surface area (Å²) in [7, 11) is 0. The topological polar surface area (TPSA) is 95.9 Å². The summed E-state index contributed by atoms with van der Waals surface area (Å²) in [5.41, 5.74) is 0. The van der Waals surface area contributed by atoms with Gasteiger partial charge in [-0.15, -0.1) is 0 Å². The maximum absolute atomic E-state index is 13.2. The second-order valence-corrected chi connectivity index (χ2v) is 18.4. The molecule has 3 atom stereocenters. The van der Waals surface area contributed by atoms with Crippen LogP contribution >= 0.6 is 0 Å². The normalized spacial score (nSPS) is 13.9. The van der Waals surface area contributed by atoms with Crippen LogP contribution in [0.2, 0.25) is 0 Å². The van der Waals surface area contributed by atoms with Crippen LogP contribution in [-0.2, 0) is 14.3 Å². The Morgan fingerprint density at radius 1 is 0.477 bits per heavy atom. The number of hydrogen-bond donors (Lipinski definition) is 3. The van der Waals surface area contributed by atoms with Gasteiger partial charge in [-0.3, -0.25) is 9.59 Å². The average molecular weight is 906 g/mol. The third-order valence-electron chi connectivity index (χ3n) is 12.1. The van der Waals surface area contributed by atoms with Crippen LogP contribution in [0.25, 0.3) is 0 Å². The first-order valence-electron chi connectivity index (χ1n) is 27.4. The molecule has 0 saturated heterocycles. The van der Waals surface area contributed by atoms with Crippen LogP contribution in [0.1, 0.15) is 252 Å². The van der Waals surface area contributed by atoms with E-state index in [4.69, 9.17) is 4.74 Å². The van der Waals surface area contributed by atoms with Crippen LogP contribution in [-0.4, -0.2) is 46.9 Å². The van der Waals surface area contributed by atoms with Gasteiger partial charge in [-0.2, -0.15) is 0 Å². The molecule has 374 valence electrons. The Morgan fingerprint density at radius 3 is 1.42 bits per heavy atom. The van der Waals surface area contributed by atoms with E-state index >= 15 is 0 Å². The van der Waals surface area contributed by atoms with Gasteiger partial charge in [-0.1, -0.05) is 247 Å². The van der Waals surface area contributed by atoms with Crippen molar-refractivity contribution in [3.63, 3.8) is 0 Å². The van der Waals surface area contributed by atoms with Crippen molar-refractivity contribution in [3.8, 4) is 0 Å². The zero-order chi connectivity index (χ0) is 47.4. The van der Waals surface area contributed by atoms with Gasteiger partial charge in [-0.25, -0.2) is 0 Å². The van der Waals surface area contributed by atoms with Crippen molar-refractivity contribution in [2.75, 3.05) is 6.61 Å². The summed E-state index contributed by atoms with van der Waals surface area (Å²) in [6, 6.07) is -0.718. The Hall–Kier alpha value is -2.96. The van der Waals surface area contributed by atoms with Crippen molar-refractivity contribution < 1.29 is 24.5 Å². The number of aliphatic hydroxyl groups is 2. The summed E-state index contributed by atoms with van der Waals surface area (Å²) < 4.78 is 5.93. The van der Waals surface area contributed by atoms with Crippen molar-refractivity contribution in [1.29, 1.82) is 0 Å². The fraction of sp³-hybridized carbons (Fsp3) is 0.729. The summed E-state index contributed by atoms with van der Waals surface area (Å²) in [6.45, 7) is 6.31. The lowest BCUT2D eigenvalue weighted by Gasteiger charge is -2.24. The van der Waals surface area contributed by atoms with Gasteiger partial charge in [0.05, 0.1) is 25.2 Å². The molecule has 0 aliphatic heterocycles. The van der Waals surface area contributed by atoms with E-state index in [2.05, 4.69) is 74.7 Å². The van der Waals surface area contributed by atoms with Crippen LogP contribution < -0.4 is 5.32 Å². The predicted molar refractivity (Wildman–Crippen MR) is 282 cm³/mol. The van der Waals surface area contributed by atoms with Crippen LogP contribution in [0.4, 0.5) is 0 Å². The number of carbonyl (C=O) groups excluding carboxylic acids is 2. The Bertz CT molecular complexity index is 1250. The van der Waals surface area contributed by atoms with Crippen LogP contribution in [0, 0.1) is 0 Å². The lowest BCUT2D eigenvalue weighted by atomic mass is 10.0. The summed E-state index contributed by atoms with van der Waals surface area (Å²) >= 11 is 0. The quantitative estimate of drug-likeness (QED) is 0.0245. The smallest absolute Gasteiger partial charge is 0.306 e. The molecule has 6 nitrogen and oxygen atoms in total. The number of unbranched alkanes of at least 4 members (excludes halogenated alkanes) is 26. The molecule has 65 heavy (non-hydrogen) atoms. The molecule has 1 amide bonds. The number of rotatable bonds is 48. The molecule has 3 N–H and O–H groups in total. The number of carbonyl (C=O) groups is 2. The molecule has 0 fully saturated rings. The standard InChI is InChI=1S/C59H103NO5/c1-4-7-10-13-16-19-22-25-28-29-31-32-35-38-41-44-47-50-55(65-59(64)52-49-46-43-40-37-34-30-26-23-20-17-14-11-8-5-2)53-58(63)60-56(54-61)57(62)51-48-45-42-39-36-33-27-24-21-18-15-12-9-6-3/h8,11,14,16-17,19-20,23,25-26,28,30,34,37,55-57,61-62H,4-7,9-10,12-13,15,18,21-22,24,27,29,31-33,35-36,38-54H2,1-3H3,(H,60,63)/b11-8+,17-14+,19-16-,23-20-,28-25-,30-26-,37-34+. The van der Waals surface area contributed by atoms with Crippen molar-refractivity contribution in [3.05, 3.63) is 85.1 Å². The molecule has 0 rings (SSSR count). The minimum atomic E-state index is -0.802. The van der Waals surface area contributed by atoms with E-state index in [0.717, 1.165) is 83.5 Å². The molecule has 3 unspecified atom stereocenters. The number of ether oxygens (including phenoxy) is 1. The molecule has 0 saturated carbocycles. The van der Waals surface area contributed by atoms with Gasteiger partial charge in [-0.05, 0) is 77.0 Å². The monoisotopic (exact) mass is 906 g/mol. The molecule has 0 aromatic rings. The lowest BCUT2D eigenvalue weighted by molar-refractivity contribution is -0.151. The molecule has 0 bridgehead atoms. The number of esters is 1. The van der Waals surface area contributed by atoms with Gasteiger partial charge in [0.15, 0.2) is 0 Å². The van der Waals surface area contributed by atoms with Crippen LogP contribution in [0.15, 0.2) is 85.1 Å². The SMILES string of the molecule is CC/C=C/C=C/C=C\C=C/C=C/CCCCCC(=O)OC(CCCCCCCCC/C=C\C/C=C\CCCCC)CC(=O)NC(CO)C(O)CCCCCCCCCCCCCCCC. The molecular formula is C59H103NO5. The molecule has 0 aliphatic carbocycles. The summed E-state index contributed by atoms with van der Waals surface area (Å²) in [6.07, 6.45) is 67.8. The third kappa shape index (κ3) is 47.3. The second kappa shape index (κ2) is 52.0. The predicted octanol–water partition coefficient (Wildman–Crippen LogP) is 16.7. The molecule has 0 aromatic heterocycles. The maximum atomic E-state index is 13.2. The second-order valence-electron chi connectivity index (χ2n) is 18.4. The number of nitrogens with one attached hydrogen (secondary N) is 1. The Kier molecular flexibility index (Phi) is 49.6. The van der Waals surface area contributed by atoms with Gasteiger partial charge in [0.25, 0.3) is 0 Å². The van der Waals surface area contributed by atoms with Gasteiger partial charge in [0, 0.05) is 6.42 Å². The van der Waals surface area contributed by atoms with E-state index in [1.54, 1.807) is 0 Å². The zero-order valence-corrected chi connectivity index (χ0v) is 42.6. The summed E-state index contributed by atoms with van der Waals surface area (Å²) in [4.78, 5) is 26.2. The molecule has 0 aromatic carbocycles. The van der Waals surface area contributed by atoms with Gasteiger partial charge >= 0.3 is 5.97 Å². The molecule has 0 heterocycles. The average Bonchev–Trinajstić information content (AvgIpc) is 3.30. The van der Waals surface area contributed by atoms with Gasteiger partial charge in [0.1, 0.15) is 6.10 Å². The highest BCUT2D eigenvalue weighted by atomic mass is 16.5. The Labute approximate surface area is 402 Å². The van der Waals surface area contributed by atoms with E-state index in [-0.39, 0.29) is 24.9 Å². The molecule has 0 spiro atoms. The van der Waals surface area contributed by atoms with Crippen molar-refractivity contribution in [1.82, 2.24) is 5.32 Å². The fourth-order valence-corrected chi connectivity index (χ4v) is 7.95. The third-order valence-corrected chi connectivity index (χ3v) is 12.1. The Morgan fingerprint density at radius 2 is 0.892 bits per heavy atom. The zero-order valence-electron chi connectivity index (χ0n) is 42.6. The molecular weight excluding hydrogens is 803 g/mol. The van der Waals surface area contributed by atoms with Gasteiger partial charge in [0.2, 0.25) is 5.91 Å². The van der Waals surface area contributed by atoms with Crippen molar-refractivity contribution in [2.24, 2.45) is 0 Å². The van der Waals surface area contributed by atoms with Crippen LogP contribution in [0.5, 0.6) is 0 Å². The maximum Gasteiger partial charge on any atom is 0.306 e. The van der Waals surface area contributed by atoms with Crippen LogP contribution in [0.3, 0.4) is 0 Å². The van der Waals surface area contributed by atoms with Crippen molar-refractivity contribution >= 4 is 11.9 Å². The minimum absolute atomic E-state index is 0.0513. The first-order chi connectivity index (χ1) is 32.0. The highest BCUT2D eigenvalue weighted by Crippen LogP contribution is 2.18. The first-order valence-corrected chi connectivity index (χ1v) is 27.4. The first kappa shape index (κ1) is 62.0. The number of amides is 1. The highest BCUT2D eigenvalue weighted by Gasteiger charge is 2.24. The van der Waals surface area contributed by atoms with E-state index in [1.807, 2.05) is 36.5 Å². The molecule has 0 radical (unpaired) electrons. The van der Waals surface area contributed by atoms with E-state index in [0.29, 0.717) is 19.3 Å². The number of allylic oxidation sites excluding steroid dienone is 14. The van der Waals surface area contributed by atoms with Gasteiger partial charge < -0.3 is 20.3 Å². The number of hydrogen-bond acceptors (Lipinski definition) is 5. The summed E-state index contributed by atoms with van der Waals surface area (Å²) in [5, 5.41) is 23.8. The summed E-state index contributed by atoms with van der Waals surface area (Å²) in [5.74, 6) is -0.531. The largest absolute Gasteiger partial charge is 0.462 e. The highest BCUT2D eigenvalue weighted by molar-refractivity contribution is 5.77. The number of aliphatic hydroxyl groups excluding tert-OH is 2. The Balaban J connectivity index is 4.68. The molecule has 0 aliphatic rings. The van der Waals surface area contributed by atoms with E-state index in [9.17, 15) is 19.8 Å². The van der Waals surface area contributed by atoms with E-state index in [1.165, 1.54) is 122 Å². The fourth-order valence-electron chi connectivity index (χ4n) is 7.95. The van der Waals surface area contributed by atoms with Crippen molar-refractivity contribution in [2.45, 2.75) is 270 Å². The minimum Gasteiger partial charge on any atom is -0.462 e. The molecule has 6 heteroatoms. The lowest BCUT2D eigenvalue weighted by Crippen LogP contribution is -2.46. The van der Waals surface area contributed by atoms with E-state index < -0.39 is 18.2 Å².